The van der Waals surface area contributed by atoms with Crippen molar-refractivity contribution in [1.82, 2.24) is 5.32 Å². The van der Waals surface area contributed by atoms with Crippen LogP contribution in [0.4, 0.5) is 0 Å². The first-order valence-corrected chi connectivity index (χ1v) is 7.28. The van der Waals surface area contributed by atoms with Crippen LogP contribution in [0.2, 0.25) is 0 Å². The van der Waals surface area contributed by atoms with Gasteiger partial charge >= 0.3 is 0 Å². The lowest BCUT2D eigenvalue weighted by Gasteiger charge is -2.30. The van der Waals surface area contributed by atoms with E-state index in [4.69, 9.17) is 4.74 Å². The molecule has 1 aromatic carbocycles. The first-order valence-electron chi connectivity index (χ1n) is 7.28. The van der Waals surface area contributed by atoms with Crippen molar-refractivity contribution in [3.63, 3.8) is 0 Å². The molecule has 1 aliphatic rings. The Kier molecular flexibility index (Phi) is 4.83. The number of aliphatic hydroxyl groups excluding tert-OH is 1. The van der Waals surface area contributed by atoms with Gasteiger partial charge in [0.15, 0.2) is 0 Å². The van der Waals surface area contributed by atoms with Crippen LogP contribution in [-0.2, 0) is 0 Å². The van der Waals surface area contributed by atoms with E-state index in [1.165, 1.54) is 5.56 Å². The molecule has 0 spiro atoms. The molecule has 0 amide bonds. The van der Waals surface area contributed by atoms with E-state index in [-0.39, 0.29) is 12.0 Å². The Bertz CT molecular complexity index is 393. The molecule has 3 heteroatoms. The van der Waals surface area contributed by atoms with E-state index < -0.39 is 0 Å². The van der Waals surface area contributed by atoms with Crippen molar-refractivity contribution >= 4 is 0 Å². The van der Waals surface area contributed by atoms with Crippen LogP contribution in [0.3, 0.4) is 0 Å². The summed E-state index contributed by atoms with van der Waals surface area (Å²) in [5, 5.41) is 13.1. The quantitative estimate of drug-likeness (QED) is 0.794. The van der Waals surface area contributed by atoms with Gasteiger partial charge in [0, 0.05) is 36.6 Å². The van der Waals surface area contributed by atoms with Gasteiger partial charge < -0.3 is 15.2 Å². The minimum atomic E-state index is 0.0268. The van der Waals surface area contributed by atoms with E-state index >= 15 is 0 Å². The topological polar surface area (TPSA) is 41.5 Å². The third kappa shape index (κ3) is 3.10. The second-order valence-corrected chi connectivity index (χ2v) is 5.54. The third-order valence-corrected chi connectivity index (χ3v) is 4.53. The first kappa shape index (κ1) is 14.4. The molecule has 0 aliphatic carbocycles. The largest absolute Gasteiger partial charge is 0.493 e. The molecule has 1 aromatic rings. The number of para-hydroxylation sites is 1. The summed E-state index contributed by atoms with van der Waals surface area (Å²) in [6.07, 6.45) is 2.01. The van der Waals surface area contributed by atoms with Crippen molar-refractivity contribution < 1.29 is 9.84 Å². The Balaban J connectivity index is 1.87. The molecule has 1 aliphatic heterocycles. The maximum absolute atomic E-state index is 9.56. The highest BCUT2D eigenvalue weighted by molar-refractivity contribution is 5.39. The number of hydrogen-bond donors (Lipinski definition) is 2. The van der Waals surface area contributed by atoms with Gasteiger partial charge in [0.25, 0.3) is 0 Å². The molecular weight excluding hydrogens is 238 g/mol. The standard InChI is InChI=1S/C16H25NO2/c1-3-16(4-2,12-18)11-17-9-13-10-19-15-8-6-5-7-14(13)15/h5-8,13,17-18H,3-4,9-12H2,1-2H3. The maximum Gasteiger partial charge on any atom is 0.122 e. The zero-order chi connectivity index (χ0) is 13.7. The second kappa shape index (κ2) is 6.40. The van der Waals surface area contributed by atoms with Crippen molar-refractivity contribution in [2.75, 3.05) is 26.3 Å². The Hall–Kier alpha value is -1.06. The van der Waals surface area contributed by atoms with Gasteiger partial charge in [-0.05, 0) is 18.9 Å². The highest BCUT2D eigenvalue weighted by Gasteiger charge is 2.27. The Labute approximate surface area is 116 Å². The minimum Gasteiger partial charge on any atom is -0.493 e. The lowest BCUT2D eigenvalue weighted by Crippen LogP contribution is -2.38. The summed E-state index contributed by atoms with van der Waals surface area (Å²) in [4.78, 5) is 0. The van der Waals surface area contributed by atoms with Crippen LogP contribution in [0.5, 0.6) is 5.75 Å². The van der Waals surface area contributed by atoms with Gasteiger partial charge in [-0.2, -0.15) is 0 Å². The van der Waals surface area contributed by atoms with E-state index in [0.717, 1.165) is 38.3 Å². The normalized spacial score (nSPS) is 18.2. The number of hydrogen-bond acceptors (Lipinski definition) is 3. The molecule has 3 nitrogen and oxygen atoms in total. The molecule has 0 radical (unpaired) electrons. The maximum atomic E-state index is 9.56. The highest BCUT2D eigenvalue weighted by atomic mass is 16.5. The number of rotatable bonds is 7. The molecule has 0 aromatic heterocycles. The number of ether oxygens (including phenoxy) is 1. The van der Waals surface area contributed by atoms with Crippen LogP contribution in [0, 0.1) is 5.41 Å². The zero-order valence-electron chi connectivity index (χ0n) is 12.0. The van der Waals surface area contributed by atoms with Crippen molar-refractivity contribution in [3.05, 3.63) is 29.8 Å². The van der Waals surface area contributed by atoms with E-state index in [1.54, 1.807) is 0 Å². The highest BCUT2D eigenvalue weighted by Crippen LogP contribution is 2.33. The number of benzene rings is 1. The lowest BCUT2D eigenvalue weighted by molar-refractivity contribution is 0.112. The summed E-state index contributed by atoms with van der Waals surface area (Å²) in [5.41, 5.74) is 1.33. The molecule has 0 bridgehead atoms. The van der Waals surface area contributed by atoms with Crippen molar-refractivity contribution in [2.24, 2.45) is 5.41 Å². The summed E-state index contributed by atoms with van der Waals surface area (Å²) >= 11 is 0. The number of fused-ring (bicyclic) bond motifs is 1. The fourth-order valence-electron chi connectivity index (χ4n) is 2.69. The molecule has 0 saturated heterocycles. The molecule has 1 unspecified atom stereocenters. The van der Waals surface area contributed by atoms with Gasteiger partial charge in [-0.25, -0.2) is 0 Å². The molecule has 0 saturated carbocycles. The summed E-state index contributed by atoms with van der Waals surface area (Å²) in [6.45, 7) is 7.10. The summed E-state index contributed by atoms with van der Waals surface area (Å²) in [5.74, 6) is 1.45. The molecular formula is C16H25NO2. The van der Waals surface area contributed by atoms with Gasteiger partial charge in [-0.3, -0.25) is 0 Å². The van der Waals surface area contributed by atoms with Gasteiger partial charge in [0.05, 0.1) is 6.61 Å². The van der Waals surface area contributed by atoms with Crippen LogP contribution in [0.15, 0.2) is 24.3 Å². The van der Waals surface area contributed by atoms with Crippen LogP contribution < -0.4 is 10.1 Å². The molecule has 19 heavy (non-hydrogen) atoms. The SMILES string of the molecule is CCC(CC)(CO)CNCC1COc2ccccc21. The fraction of sp³-hybridized carbons (Fsp3) is 0.625. The molecule has 2 N–H and O–H groups in total. The van der Waals surface area contributed by atoms with Crippen molar-refractivity contribution in [3.8, 4) is 5.75 Å². The zero-order valence-corrected chi connectivity index (χ0v) is 12.0. The predicted molar refractivity (Wildman–Crippen MR) is 77.6 cm³/mol. The van der Waals surface area contributed by atoms with Crippen LogP contribution in [0.1, 0.15) is 38.2 Å². The van der Waals surface area contributed by atoms with E-state index in [9.17, 15) is 5.11 Å². The second-order valence-electron chi connectivity index (χ2n) is 5.54. The predicted octanol–water partition coefficient (Wildman–Crippen LogP) is 2.55. The number of aliphatic hydroxyl groups is 1. The van der Waals surface area contributed by atoms with Crippen LogP contribution >= 0.6 is 0 Å². The summed E-state index contributed by atoms with van der Waals surface area (Å²) < 4.78 is 5.68. The van der Waals surface area contributed by atoms with E-state index in [2.05, 4.69) is 31.3 Å². The molecule has 1 heterocycles. The van der Waals surface area contributed by atoms with Crippen molar-refractivity contribution in [1.29, 1.82) is 0 Å². The third-order valence-electron chi connectivity index (χ3n) is 4.53. The average Bonchev–Trinajstić information content (AvgIpc) is 2.88. The Morgan fingerprint density at radius 2 is 2.05 bits per heavy atom. The molecule has 2 rings (SSSR count). The first-order chi connectivity index (χ1) is 9.24. The summed E-state index contributed by atoms with van der Waals surface area (Å²) in [7, 11) is 0. The fourth-order valence-corrected chi connectivity index (χ4v) is 2.69. The molecule has 106 valence electrons. The minimum absolute atomic E-state index is 0.0268. The smallest absolute Gasteiger partial charge is 0.122 e. The van der Waals surface area contributed by atoms with Gasteiger partial charge in [-0.15, -0.1) is 0 Å². The van der Waals surface area contributed by atoms with Crippen LogP contribution in [-0.4, -0.2) is 31.4 Å². The summed E-state index contributed by atoms with van der Waals surface area (Å²) in [6, 6.07) is 8.26. The van der Waals surface area contributed by atoms with Gasteiger partial charge in [0.2, 0.25) is 0 Å². The Morgan fingerprint density at radius 3 is 2.74 bits per heavy atom. The average molecular weight is 263 g/mol. The van der Waals surface area contributed by atoms with Gasteiger partial charge in [-0.1, -0.05) is 32.0 Å². The number of nitrogens with one attached hydrogen (secondary N) is 1. The molecule has 1 atom stereocenters. The van der Waals surface area contributed by atoms with E-state index in [1.807, 2.05) is 12.1 Å². The monoisotopic (exact) mass is 263 g/mol. The van der Waals surface area contributed by atoms with E-state index in [0.29, 0.717) is 5.92 Å². The Morgan fingerprint density at radius 1 is 1.32 bits per heavy atom. The van der Waals surface area contributed by atoms with Gasteiger partial charge in [0.1, 0.15) is 5.75 Å². The lowest BCUT2D eigenvalue weighted by atomic mass is 9.83. The van der Waals surface area contributed by atoms with Crippen molar-refractivity contribution in [2.45, 2.75) is 32.6 Å². The molecule has 0 fully saturated rings. The van der Waals surface area contributed by atoms with Crippen LogP contribution in [0.25, 0.3) is 0 Å².